The van der Waals surface area contributed by atoms with E-state index in [-0.39, 0.29) is 5.91 Å². The predicted octanol–water partition coefficient (Wildman–Crippen LogP) is 2.35. The number of alkyl carbamates (subject to hydrolysis) is 1. The number of carbonyl (C=O) groups excluding carboxylic acids is 2. The molecular formula is C11H7ClINO3. The SMILES string of the molecule is O=C1NC(=O)[C@]2(CCc3c2ccc(Cl)c3I)O1. The van der Waals surface area contributed by atoms with Crippen LogP contribution in [0.4, 0.5) is 4.79 Å². The Kier molecular flexibility index (Phi) is 2.38. The smallest absolute Gasteiger partial charge is 0.415 e. The minimum Gasteiger partial charge on any atom is -0.427 e. The highest BCUT2D eigenvalue weighted by atomic mass is 127. The van der Waals surface area contributed by atoms with Gasteiger partial charge in [-0.05, 0) is 40.6 Å². The molecule has 2 aliphatic rings. The lowest BCUT2D eigenvalue weighted by atomic mass is 9.95. The Morgan fingerprint density at radius 3 is 2.82 bits per heavy atom. The van der Waals surface area contributed by atoms with Crippen LogP contribution in [0.25, 0.3) is 0 Å². The molecule has 0 aromatic heterocycles. The first-order valence-corrected chi connectivity index (χ1v) is 6.52. The van der Waals surface area contributed by atoms with Crippen LogP contribution in [0.5, 0.6) is 0 Å². The number of hydrogen-bond donors (Lipinski definition) is 1. The standard InChI is InChI=1S/C11H7ClINO3/c12-7-2-1-6-5(8(7)13)3-4-11(6)9(15)14-10(16)17-11/h1-2H,3-4H2,(H,14,15,16)/t11-/m1/s1. The summed E-state index contributed by atoms with van der Waals surface area (Å²) in [4.78, 5) is 23.1. The van der Waals surface area contributed by atoms with E-state index < -0.39 is 11.7 Å². The van der Waals surface area contributed by atoms with E-state index >= 15 is 0 Å². The molecule has 1 spiro atoms. The van der Waals surface area contributed by atoms with Crippen LogP contribution in [0, 0.1) is 3.57 Å². The molecule has 1 aliphatic heterocycles. The second-order valence-corrected chi connectivity index (χ2v) is 5.54. The maximum absolute atomic E-state index is 11.9. The van der Waals surface area contributed by atoms with Gasteiger partial charge in [0.1, 0.15) is 0 Å². The molecule has 1 aromatic rings. The third-order valence-corrected chi connectivity index (χ3v) is 5.07. The lowest BCUT2D eigenvalue weighted by Gasteiger charge is -2.19. The highest BCUT2D eigenvalue weighted by molar-refractivity contribution is 14.1. The molecule has 1 fully saturated rings. The number of amides is 2. The number of halogens is 2. The lowest BCUT2D eigenvalue weighted by Crippen LogP contribution is -2.34. The number of imide groups is 1. The number of rotatable bonds is 0. The Hall–Kier alpha value is -0.820. The number of hydrogen-bond acceptors (Lipinski definition) is 3. The fourth-order valence-corrected chi connectivity index (χ4v) is 3.33. The van der Waals surface area contributed by atoms with Crippen LogP contribution in [0.15, 0.2) is 12.1 Å². The van der Waals surface area contributed by atoms with Crippen molar-refractivity contribution in [2.45, 2.75) is 18.4 Å². The summed E-state index contributed by atoms with van der Waals surface area (Å²) in [6, 6.07) is 3.50. The van der Waals surface area contributed by atoms with Crippen molar-refractivity contribution in [1.29, 1.82) is 0 Å². The van der Waals surface area contributed by atoms with Crippen molar-refractivity contribution in [3.8, 4) is 0 Å². The van der Waals surface area contributed by atoms with Crippen LogP contribution in [0.2, 0.25) is 5.02 Å². The molecule has 1 N–H and O–H groups in total. The molecule has 0 unspecified atom stereocenters. The molecule has 4 nitrogen and oxygen atoms in total. The molecular weight excluding hydrogens is 356 g/mol. The molecule has 88 valence electrons. The van der Waals surface area contributed by atoms with E-state index in [2.05, 4.69) is 27.9 Å². The molecule has 1 saturated heterocycles. The van der Waals surface area contributed by atoms with Crippen LogP contribution in [0.3, 0.4) is 0 Å². The summed E-state index contributed by atoms with van der Waals surface area (Å²) in [5.74, 6) is -0.376. The zero-order valence-corrected chi connectivity index (χ0v) is 11.5. The van der Waals surface area contributed by atoms with Gasteiger partial charge >= 0.3 is 6.09 Å². The van der Waals surface area contributed by atoms with Gasteiger partial charge in [-0.1, -0.05) is 17.7 Å². The fourth-order valence-electron chi connectivity index (χ4n) is 2.42. The Balaban J connectivity index is 2.20. The summed E-state index contributed by atoms with van der Waals surface area (Å²) in [5, 5.41) is 2.85. The summed E-state index contributed by atoms with van der Waals surface area (Å²) in [5.41, 5.74) is 0.634. The predicted molar refractivity (Wildman–Crippen MR) is 68.8 cm³/mol. The summed E-state index contributed by atoms with van der Waals surface area (Å²) in [6.07, 6.45) is 0.498. The molecule has 1 aliphatic carbocycles. The number of nitrogens with one attached hydrogen (secondary N) is 1. The van der Waals surface area contributed by atoms with Crippen molar-refractivity contribution < 1.29 is 14.3 Å². The molecule has 1 heterocycles. The zero-order chi connectivity index (χ0) is 12.2. The topological polar surface area (TPSA) is 55.4 Å². The van der Waals surface area contributed by atoms with Gasteiger partial charge in [0, 0.05) is 15.6 Å². The van der Waals surface area contributed by atoms with Crippen molar-refractivity contribution in [3.63, 3.8) is 0 Å². The first-order valence-electron chi connectivity index (χ1n) is 5.06. The van der Waals surface area contributed by atoms with Crippen LogP contribution in [0.1, 0.15) is 17.5 Å². The molecule has 6 heteroatoms. The minimum absolute atomic E-state index is 0.376. The van der Waals surface area contributed by atoms with Gasteiger partial charge < -0.3 is 4.74 Å². The van der Waals surface area contributed by atoms with Gasteiger partial charge in [0.05, 0.1) is 5.02 Å². The van der Waals surface area contributed by atoms with Gasteiger partial charge in [-0.25, -0.2) is 4.79 Å². The van der Waals surface area contributed by atoms with Crippen molar-refractivity contribution in [1.82, 2.24) is 5.32 Å². The second kappa shape index (κ2) is 3.58. The second-order valence-electron chi connectivity index (χ2n) is 4.06. The molecule has 3 rings (SSSR count). The Morgan fingerprint density at radius 1 is 1.41 bits per heavy atom. The van der Waals surface area contributed by atoms with Gasteiger partial charge in [0.25, 0.3) is 5.91 Å². The minimum atomic E-state index is -1.13. The molecule has 0 saturated carbocycles. The van der Waals surface area contributed by atoms with E-state index in [0.29, 0.717) is 17.9 Å². The van der Waals surface area contributed by atoms with Crippen molar-refractivity contribution >= 4 is 46.2 Å². The molecule has 0 bridgehead atoms. The van der Waals surface area contributed by atoms with Crippen molar-refractivity contribution in [2.24, 2.45) is 0 Å². The van der Waals surface area contributed by atoms with E-state index in [1.54, 1.807) is 12.1 Å². The molecule has 1 atom stereocenters. The average Bonchev–Trinajstić information content (AvgIpc) is 2.77. The summed E-state index contributed by atoms with van der Waals surface area (Å²) in [6.45, 7) is 0. The monoisotopic (exact) mass is 363 g/mol. The van der Waals surface area contributed by atoms with Gasteiger partial charge in [0.15, 0.2) is 0 Å². The quantitative estimate of drug-likeness (QED) is 0.720. The summed E-state index contributed by atoms with van der Waals surface area (Å²) in [7, 11) is 0. The fraction of sp³-hybridized carbons (Fsp3) is 0.273. The van der Waals surface area contributed by atoms with Crippen LogP contribution in [-0.4, -0.2) is 12.0 Å². The molecule has 17 heavy (non-hydrogen) atoms. The molecule has 2 amide bonds. The Bertz CT molecular complexity index is 560. The van der Waals surface area contributed by atoms with Crippen LogP contribution < -0.4 is 5.32 Å². The van der Waals surface area contributed by atoms with E-state index in [9.17, 15) is 9.59 Å². The Morgan fingerprint density at radius 2 is 2.18 bits per heavy atom. The Labute approximate surface area is 116 Å². The highest BCUT2D eigenvalue weighted by Crippen LogP contribution is 2.45. The first-order chi connectivity index (χ1) is 8.04. The third kappa shape index (κ3) is 1.41. The number of fused-ring (bicyclic) bond motifs is 2. The number of benzene rings is 1. The van der Waals surface area contributed by atoms with Crippen LogP contribution >= 0.6 is 34.2 Å². The summed E-state index contributed by atoms with van der Waals surface area (Å²) >= 11 is 8.19. The van der Waals surface area contributed by atoms with Crippen LogP contribution in [-0.2, 0) is 21.6 Å². The third-order valence-electron chi connectivity index (χ3n) is 3.21. The van der Waals surface area contributed by atoms with Gasteiger partial charge in [0.2, 0.25) is 5.60 Å². The van der Waals surface area contributed by atoms with Crippen molar-refractivity contribution in [3.05, 3.63) is 31.9 Å². The number of carbonyl (C=O) groups is 2. The number of ether oxygens (including phenoxy) is 1. The molecule has 0 radical (unpaired) electrons. The van der Waals surface area contributed by atoms with E-state index in [1.807, 2.05) is 0 Å². The van der Waals surface area contributed by atoms with Gasteiger partial charge in [-0.2, -0.15) is 0 Å². The maximum Gasteiger partial charge on any atom is 0.415 e. The normalized spacial score (nSPS) is 26.0. The first kappa shape index (κ1) is 11.3. The summed E-state index contributed by atoms with van der Waals surface area (Å²) < 4.78 is 6.12. The van der Waals surface area contributed by atoms with Gasteiger partial charge in [-0.15, -0.1) is 0 Å². The maximum atomic E-state index is 11.9. The highest BCUT2D eigenvalue weighted by Gasteiger charge is 2.54. The average molecular weight is 364 g/mol. The van der Waals surface area contributed by atoms with Crippen molar-refractivity contribution in [2.75, 3.05) is 0 Å². The largest absolute Gasteiger partial charge is 0.427 e. The zero-order valence-electron chi connectivity index (χ0n) is 8.55. The van der Waals surface area contributed by atoms with E-state index in [4.69, 9.17) is 16.3 Å². The van der Waals surface area contributed by atoms with E-state index in [0.717, 1.165) is 14.7 Å². The lowest BCUT2D eigenvalue weighted by molar-refractivity contribution is -0.131. The van der Waals surface area contributed by atoms with Gasteiger partial charge in [-0.3, -0.25) is 10.1 Å². The molecule has 1 aromatic carbocycles. The van der Waals surface area contributed by atoms with E-state index in [1.165, 1.54) is 0 Å².